The summed E-state index contributed by atoms with van der Waals surface area (Å²) in [6.45, 7) is 4.67. The highest BCUT2D eigenvalue weighted by Crippen LogP contribution is 2.62. The van der Waals surface area contributed by atoms with Gasteiger partial charge in [-0.3, -0.25) is 4.79 Å². The molecule has 0 unspecified atom stereocenters. The Morgan fingerprint density at radius 3 is 2.64 bits per heavy atom. The molecule has 4 aliphatic carbocycles. The number of fused-ring (bicyclic) bond motifs is 4. The quantitative estimate of drug-likeness (QED) is 0.507. The SMILES string of the molecule is CCCCCCCC[C@H]1C[C@]2(C)[C@@H](O)CC[C@H]2[C@@H]2CCC3=CC(=O)CCC3=C12. The number of unbranched alkanes of at least 4 members (excludes halogenated alkanes) is 5. The minimum Gasteiger partial charge on any atom is -0.393 e. The molecule has 0 aromatic rings. The first-order valence-corrected chi connectivity index (χ1v) is 12.2. The van der Waals surface area contributed by atoms with Gasteiger partial charge in [-0.25, -0.2) is 0 Å². The zero-order chi connectivity index (χ0) is 19.7. The first-order chi connectivity index (χ1) is 13.5. The number of hydrogen-bond donors (Lipinski definition) is 1. The summed E-state index contributed by atoms with van der Waals surface area (Å²) in [6, 6.07) is 0. The van der Waals surface area contributed by atoms with Crippen LogP contribution in [0.3, 0.4) is 0 Å². The average Bonchev–Trinajstić information content (AvgIpc) is 2.98. The van der Waals surface area contributed by atoms with Crippen LogP contribution < -0.4 is 0 Å². The number of allylic oxidation sites excluding steroid dienone is 4. The maximum atomic E-state index is 12.0. The third-order valence-corrected chi connectivity index (χ3v) is 8.69. The molecule has 0 saturated heterocycles. The Bertz CT molecular complexity index is 657. The molecule has 4 rings (SSSR count). The molecule has 0 aromatic carbocycles. The highest BCUT2D eigenvalue weighted by molar-refractivity contribution is 5.93. The monoisotopic (exact) mass is 384 g/mol. The molecule has 1 N–H and O–H groups in total. The summed E-state index contributed by atoms with van der Waals surface area (Å²) in [6.07, 6.45) is 18.6. The van der Waals surface area contributed by atoms with Gasteiger partial charge in [-0.15, -0.1) is 0 Å². The molecular weight excluding hydrogens is 344 g/mol. The van der Waals surface area contributed by atoms with Crippen LogP contribution in [0.4, 0.5) is 0 Å². The van der Waals surface area contributed by atoms with E-state index in [1.54, 1.807) is 11.1 Å². The van der Waals surface area contributed by atoms with E-state index in [1.807, 2.05) is 6.08 Å². The van der Waals surface area contributed by atoms with Crippen LogP contribution in [0.1, 0.15) is 104 Å². The van der Waals surface area contributed by atoms with Crippen LogP contribution in [0.2, 0.25) is 0 Å². The Labute approximate surface area is 171 Å². The van der Waals surface area contributed by atoms with Crippen molar-refractivity contribution in [1.29, 1.82) is 0 Å². The largest absolute Gasteiger partial charge is 0.393 e. The average molecular weight is 385 g/mol. The van der Waals surface area contributed by atoms with Crippen LogP contribution in [0.5, 0.6) is 0 Å². The summed E-state index contributed by atoms with van der Waals surface area (Å²) in [5.74, 6) is 2.30. The molecule has 0 aliphatic heterocycles. The molecule has 0 heterocycles. The fraction of sp³-hybridized carbons (Fsp3) is 0.808. The number of aliphatic hydroxyl groups is 1. The van der Waals surface area contributed by atoms with Gasteiger partial charge in [0.05, 0.1) is 6.10 Å². The van der Waals surface area contributed by atoms with E-state index in [9.17, 15) is 9.90 Å². The van der Waals surface area contributed by atoms with Crippen molar-refractivity contribution < 1.29 is 9.90 Å². The molecule has 0 bridgehead atoms. The summed E-state index contributed by atoms with van der Waals surface area (Å²) in [5, 5.41) is 10.9. The third-order valence-electron chi connectivity index (χ3n) is 8.69. The Morgan fingerprint density at radius 2 is 1.82 bits per heavy atom. The first-order valence-electron chi connectivity index (χ1n) is 12.2. The Morgan fingerprint density at radius 1 is 1.04 bits per heavy atom. The first kappa shape index (κ1) is 20.4. The summed E-state index contributed by atoms with van der Waals surface area (Å²) in [7, 11) is 0. The molecule has 0 radical (unpaired) electrons. The molecular formula is C26H40O2. The van der Waals surface area contributed by atoms with Crippen LogP contribution in [-0.2, 0) is 4.79 Å². The maximum absolute atomic E-state index is 12.0. The predicted molar refractivity (Wildman–Crippen MR) is 115 cm³/mol. The van der Waals surface area contributed by atoms with Gasteiger partial charge in [0.1, 0.15) is 0 Å². The molecule has 0 aromatic heterocycles. The van der Waals surface area contributed by atoms with Gasteiger partial charge in [-0.2, -0.15) is 0 Å². The van der Waals surface area contributed by atoms with Crippen molar-refractivity contribution in [2.75, 3.05) is 0 Å². The van der Waals surface area contributed by atoms with Crippen molar-refractivity contribution in [3.05, 3.63) is 22.8 Å². The fourth-order valence-corrected chi connectivity index (χ4v) is 7.23. The minimum atomic E-state index is -0.110. The zero-order valence-corrected chi connectivity index (χ0v) is 18.1. The second-order valence-corrected chi connectivity index (χ2v) is 10.4. The van der Waals surface area contributed by atoms with Gasteiger partial charge in [0.2, 0.25) is 0 Å². The van der Waals surface area contributed by atoms with Gasteiger partial charge in [-0.1, -0.05) is 57.9 Å². The Hall–Kier alpha value is -0.890. The molecule has 2 nitrogen and oxygen atoms in total. The van der Waals surface area contributed by atoms with Crippen molar-refractivity contribution in [3.63, 3.8) is 0 Å². The predicted octanol–water partition coefficient (Wildman–Crippen LogP) is 6.53. The highest BCUT2D eigenvalue weighted by Gasteiger charge is 2.55. The second kappa shape index (κ2) is 8.46. The molecule has 156 valence electrons. The number of aliphatic hydroxyl groups excluding tert-OH is 1. The van der Waals surface area contributed by atoms with E-state index in [0.717, 1.165) is 19.3 Å². The van der Waals surface area contributed by atoms with Gasteiger partial charge < -0.3 is 5.11 Å². The summed E-state index contributed by atoms with van der Waals surface area (Å²) < 4.78 is 0. The van der Waals surface area contributed by atoms with Crippen LogP contribution in [-0.4, -0.2) is 17.0 Å². The lowest BCUT2D eigenvalue weighted by molar-refractivity contribution is -0.114. The summed E-state index contributed by atoms with van der Waals surface area (Å²) in [4.78, 5) is 12.0. The van der Waals surface area contributed by atoms with E-state index in [-0.39, 0.29) is 11.5 Å². The van der Waals surface area contributed by atoms with Crippen LogP contribution in [0, 0.1) is 23.2 Å². The molecule has 5 atom stereocenters. The van der Waals surface area contributed by atoms with E-state index in [0.29, 0.717) is 30.0 Å². The summed E-state index contributed by atoms with van der Waals surface area (Å²) in [5.41, 5.74) is 4.82. The number of carbonyl (C=O) groups is 1. The maximum Gasteiger partial charge on any atom is 0.156 e. The molecule has 2 saturated carbocycles. The smallest absolute Gasteiger partial charge is 0.156 e. The fourth-order valence-electron chi connectivity index (χ4n) is 7.23. The van der Waals surface area contributed by atoms with Gasteiger partial charge in [0, 0.05) is 6.42 Å². The van der Waals surface area contributed by atoms with E-state index < -0.39 is 0 Å². The summed E-state index contributed by atoms with van der Waals surface area (Å²) >= 11 is 0. The van der Waals surface area contributed by atoms with Gasteiger partial charge in [-0.05, 0) is 85.3 Å². The molecule has 28 heavy (non-hydrogen) atoms. The Balaban J connectivity index is 1.57. The van der Waals surface area contributed by atoms with Crippen molar-refractivity contribution in [2.45, 2.75) is 110 Å². The number of carbonyl (C=O) groups excluding carboxylic acids is 1. The van der Waals surface area contributed by atoms with E-state index in [1.165, 1.54) is 69.8 Å². The third kappa shape index (κ3) is 3.66. The van der Waals surface area contributed by atoms with Crippen LogP contribution >= 0.6 is 0 Å². The molecule has 0 spiro atoms. The van der Waals surface area contributed by atoms with Crippen molar-refractivity contribution in [3.8, 4) is 0 Å². The number of ketones is 1. The topological polar surface area (TPSA) is 37.3 Å². The second-order valence-electron chi connectivity index (χ2n) is 10.4. The number of hydrogen-bond acceptors (Lipinski definition) is 2. The van der Waals surface area contributed by atoms with Crippen LogP contribution in [0.15, 0.2) is 22.8 Å². The Kier molecular flexibility index (Phi) is 6.16. The lowest BCUT2D eigenvalue weighted by atomic mass is 9.53. The zero-order valence-electron chi connectivity index (χ0n) is 18.1. The number of rotatable bonds is 7. The highest BCUT2D eigenvalue weighted by atomic mass is 16.3. The van der Waals surface area contributed by atoms with Crippen molar-refractivity contribution in [2.24, 2.45) is 23.2 Å². The molecule has 2 fully saturated rings. The van der Waals surface area contributed by atoms with E-state index in [2.05, 4.69) is 13.8 Å². The molecule has 4 aliphatic rings. The lowest BCUT2D eigenvalue weighted by Crippen LogP contribution is -2.45. The van der Waals surface area contributed by atoms with Gasteiger partial charge >= 0.3 is 0 Å². The molecule has 0 amide bonds. The van der Waals surface area contributed by atoms with Gasteiger partial charge in [0.25, 0.3) is 0 Å². The molecule has 2 heteroatoms. The van der Waals surface area contributed by atoms with Crippen molar-refractivity contribution in [1.82, 2.24) is 0 Å². The van der Waals surface area contributed by atoms with E-state index >= 15 is 0 Å². The van der Waals surface area contributed by atoms with Crippen LogP contribution in [0.25, 0.3) is 0 Å². The minimum absolute atomic E-state index is 0.110. The van der Waals surface area contributed by atoms with Crippen molar-refractivity contribution >= 4 is 5.78 Å². The standard InChI is InChI=1S/C26H40O2/c1-3-4-5-6-7-8-9-19-17-26(2)23(14-15-24(26)28)22-12-10-18-16-20(27)11-13-21(18)25(19)22/h16,19,22-24,28H,3-15,17H2,1-2H3/t19-,22-,23-,24-,26-/m0/s1. The van der Waals surface area contributed by atoms with Gasteiger partial charge in [0.15, 0.2) is 5.78 Å². The lowest BCUT2D eigenvalue weighted by Gasteiger charge is -2.52. The van der Waals surface area contributed by atoms with E-state index in [4.69, 9.17) is 0 Å². The normalized spacial score (nSPS) is 37.4.